The molecule has 0 saturated heterocycles. The highest BCUT2D eigenvalue weighted by molar-refractivity contribution is 7.09. The quantitative estimate of drug-likeness (QED) is 0.776. The van der Waals surface area contributed by atoms with Crippen LogP contribution in [0.3, 0.4) is 0 Å². The minimum atomic E-state index is -0.562. The van der Waals surface area contributed by atoms with Crippen molar-refractivity contribution in [2.24, 2.45) is 0 Å². The average Bonchev–Trinajstić information content (AvgIpc) is 2.98. The van der Waals surface area contributed by atoms with E-state index in [9.17, 15) is 9.90 Å². The van der Waals surface area contributed by atoms with Crippen LogP contribution in [0.4, 0.5) is 0 Å². The number of aliphatic hydroxyl groups is 1. The maximum absolute atomic E-state index is 12.0. The van der Waals surface area contributed by atoms with E-state index in [1.807, 2.05) is 0 Å². The molecule has 0 saturated carbocycles. The van der Waals surface area contributed by atoms with Crippen molar-refractivity contribution < 1.29 is 14.6 Å². The van der Waals surface area contributed by atoms with Crippen LogP contribution in [0.15, 0.2) is 29.6 Å². The second-order valence-corrected chi connectivity index (χ2v) is 6.39. The van der Waals surface area contributed by atoms with E-state index >= 15 is 0 Å². The second kappa shape index (κ2) is 8.76. The monoisotopic (exact) mass is 334 g/mol. The smallest absolute Gasteiger partial charge is 0.270 e. The summed E-state index contributed by atoms with van der Waals surface area (Å²) in [6.45, 7) is 2.72. The summed E-state index contributed by atoms with van der Waals surface area (Å²) in [6, 6.07) is 8.30. The number of aryl methyl sites for hydroxylation is 1. The molecule has 2 rings (SSSR count). The van der Waals surface area contributed by atoms with Crippen LogP contribution in [0.2, 0.25) is 0 Å². The average molecular weight is 334 g/mol. The van der Waals surface area contributed by atoms with Crippen LogP contribution in [0, 0.1) is 6.92 Å². The van der Waals surface area contributed by atoms with Crippen molar-refractivity contribution in [3.05, 3.63) is 51.5 Å². The number of thiazole rings is 1. The SMILES string of the molecule is COCC(O)CCNC(=O)c1csc(Cc2ccc(C)cc2)n1. The zero-order valence-corrected chi connectivity index (χ0v) is 14.2. The van der Waals surface area contributed by atoms with Crippen LogP contribution in [-0.4, -0.2) is 42.4 Å². The summed E-state index contributed by atoms with van der Waals surface area (Å²) in [5.74, 6) is -0.207. The molecular weight excluding hydrogens is 312 g/mol. The number of aliphatic hydroxyl groups excluding tert-OH is 1. The van der Waals surface area contributed by atoms with Gasteiger partial charge in [0.25, 0.3) is 5.91 Å². The van der Waals surface area contributed by atoms with Gasteiger partial charge in [-0.25, -0.2) is 4.98 Å². The molecule has 1 heterocycles. The molecule has 1 unspecified atom stereocenters. The van der Waals surface area contributed by atoms with Gasteiger partial charge in [0.05, 0.1) is 17.7 Å². The number of ether oxygens (including phenoxy) is 1. The first-order valence-electron chi connectivity index (χ1n) is 7.53. The number of hydrogen-bond acceptors (Lipinski definition) is 5. The van der Waals surface area contributed by atoms with Gasteiger partial charge in [0.1, 0.15) is 5.69 Å². The first-order chi connectivity index (χ1) is 11.1. The van der Waals surface area contributed by atoms with Crippen LogP contribution in [-0.2, 0) is 11.2 Å². The van der Waals surface area contributed by atoms with Crippen LogP contribution < -0.4 is 5.32 Å². The molecule has 0 radical (unpaired) electrons. The number of aromatic nitrogens is 1. The van der Waals surface area contributed by atoms with Crippen molar-refractivity contribution in [3.63, 3.8) is 0 Å². The van der Waals surface area contributed by atoms with Crippen LogP contribution in [0.1, 0.15) is 33.0 Å². The summed E-state index contributed by atoms with van der Waals surface area (Å²) in [7, 11) is 1.53. The Kier molecular flexibility index (Phi) is 6.70. The number of amides is 1. The molecule has 0 aliphatic heterocycles. The molecule has 0 fully saturated rings. The molecule has 1 aromatic heterocycles. The fraction of sp³-hybridized carbons (Fsp3) is 0.412. The van der Waals surface area contributed by atoms with Gasteiger partial charge in [0, 0.05) is 25.5 Å². The molecule has 1 aromatic carbocycles. The first-order valence-corrected chi connectivity index (χ1v) is 8.41. The van der Waals surface area contributed by atoms with E-state index in [-0.39, 0.29) is 12.5 Å². The van der Waals surface area contributed by atoms with Gasteiger partial charge in [-0.3, -0.25) is 4.79 Å². The molecule has 0 bridgehead atoms. The third-order valence-electron chi connectivity index (χ3n) is 3.38. The van der Waals surface area contributed by atoms with E-state index in [4.69, 9.17) is 4.74 Å². The van der Waals surface area contributed by atoms with Crippen molar-refractivity contribution >= 4 is 17.2 Å². The van der Waals surface area contributed by atoms with E-state index in [2.05, 4.69) is 41.5 Å². The molecular formula is C17H22N2O3S. The van der Waals surface area contributed by atoms with E-state index in [1.54, 1.807) is 5.38 Å². The van der Waals surface area contributed by atoms with Gasteiger partial charge < -0.3 is 15.2 Å². The minimum Gasteiger partial charge on any atom is -0.391 e. The molecule has 5 nitrogen and oxygen atoms in total. The highest BCUT2D eigenvalue weighted by atomic mass is 32.1. The van der Waals surface area contributed by atoms with Crippen LogP contribution in [0.25, 0.3) is 0 Å². The lowest BCUT2D eigenvalue weighted by Crippen LogP contribution is -2.28. The number of hydrogen-bond donors (Lipinski definition) is 2. The Morgan fingerprint density at radius 2 is 2.13 bits per heavy atom. The van der Waals surface area contributed by atoms with Gasteiger partial charge in [-0.2, -0.15) is 0 Å². The fourth-order valence-corrected chi connectivity index (χ4v) is 2.90. The van der Waals surface area contributed by atoms with Gasteiger partial charge in [0.2, 0.25) is 0 Å². The number of rotatable bonds is 8. The van der Waals surface area contributed by atoms with Crippen molar-refractivity contribution in [2.45, 2.75) is 25.9 Å². The lowest BCUT2D eigenvalue weighted by atomic mass is 10.1. The second-order valence-electron chi connectivity index (χ2n) is 5.44. The van der Waals surface area contributed by atoms with Crippen LogP contribution in [0.5, 0.6) is 0 Å². The number of nitrogens with one attached hydrogen (secondary N) is 1. The van der Waals surface area contributed by atoms with E-state index in [0.29, 0.717) is 18.7 Å². The Bertz CT molecular complexity index is 625. The molecule has 1 atom stereocenters. The summed E-state index contributed by atoms with van der Waals surface area (Å²) in [6.07, 6.45) is 0.623. The van der Waals surface area contributed by atoms with Gasteiger partial charge >= 0.3 is 0 Å². The molecule has 6 heteroatoms. The third-order valence-corrected chi connectivity index (χ3v) is 4.23. The maximum atomic E-state index is 12.0. The largest absolute Gasteiger partial charge is 0.391 e. The number of methoxy groups -OCH3 is 1. The molecule has 2 N–H and O–H groups in total. The summed E-state index contributed by atoms with van der Waals surface area (Å²) >= 11 is 1.48. The summed E-state index contributed by atoms with van der Waals surface area (Å²) in [5, 5.41) is 15.0. The molecule has 0 spiro atoms. The standard InChI is InChI=1S/C17H22N2O3S/c1-12-3-5-13(6-4-12)9-16-19-15(11-23-16)17(21)18-8-7-14(20)10-22-2/h3-6,11,14,20H,7-10H2,1-2H3,(H,18,21). The van der Waals surface area contributed by atoms with E-state index in [0.717, 1.165) is 11.4 Å². The van der Waals surface area contributed by atoms with Gasteiger partial charge in [-0.05, 0) is 18.9 Å². The molecule has 124 valence electrons. The highest BCUT2D eigenvalue weighted by Gasteiger charge is 2.11. The van der Waals surface area contributed by atoms with Gasteiger partial charge in [-0.15, -0.1) is 11.3 Å². The van der Waals surface area contributed by atoms with Crippen molar-refractivity contribution in [1.82, 2.24) is 10.3 Å². The Hall–Kier alpha value is -1.76. The lowest BCUT2D eigenvalue weighted by molar-refractivity contribution is 0.0587. The van der Waals surface area contributed by atoms with Crippen LogP contribution >= 0.6 is 11.3 Å². The zero-order valence-electron chi connectivity index (χ0n) is 13.4. The Labute approximate surface area is 140 Å². The number of carbonyl (C=O) groups is 1. The molecule has 0 aliphatic rings. The predicted octanol–water partition coefficient (Wildman–Crippen LogP) is 2.17. The number of nitrogens with zero attached hydrogens (tertiary/aromatic N) is 1. The molecule has 23 heavy (non-hydrogen) atoms. The van der Waals surface area contributed by atoms with Crippen molar-refractivity contribution in [3.8, 4) is 0 Å². The molecule has 2 aromatic rings. The molecule has 0 aliphatic carbocycles. The van der Waals surface area contributed by atoms with E-state index < -0.39 is 6.10 Å². The minimum absolute atomic E-state index is 0.207. The lowest BCUT2D eigenvalue weighted by Gasteiger charge is -2.09. The fourth-order valence-electron chi connectivity index (χ4n) is 2.10. The normalized spacial score (nSPS) is 12.1. The van der Waals surface area contributed by atoms with E-state index in [1.165, 1.54) is 29.6 Å². The summed E-state index contributed by atoms with van der Waals surface area (Å²) in [4.78, 5) is 16.4. The Morgan fingerprint density at radius 3 is 2.83 bits per heavy atom. The molecule has 1 amide bonds. The predicted molar refractivity (Wildman–Crippen MR) is 90.9 cm³/mol. The summed E-state index contributed by atoms with van der Waals surface area (Å²) < 4.78 is 4.84. The Morgan fingerprint density at radius 1 is 1.39 bits per heavy atom. The summed E-state index contributed by atoms with van der Waals surface area (Å²) in [5.41, 5.74) is 2.83. The zero-order chi connectivity index (χ0) is 16.7. The van der Waals surface area contributed by atoms with Crippen molar-refractivity contribution in [2.75, 3.05) is 20.3 Å². The topological polar surface area (TPSA) is 71.5 Å². The maximum Gasteiger partial charge on any atom is 0.270 e. The highest BCUT2D eigenvalue weighted by Crippen LogP contribution is 2.15. The number of carbonyl (C=O) groups excluding carboxylic acids is 1. The Balaban J connectivity index is 1.83. The van der Waals surface area contributed by atoms with Gasteiger partial charge in [-0.1, -0.05) is 29.8 Å². The number of benzene rings is 1. The first kappa shape index (κ1) is 17.6. The van der Waals surface area contributed by atoms with Gasteiger partial charge in [0.15, 0.2) is 0 Å². The third kappa shape index (κ3) is 5.74. The van der Waals surface area contributed by atoms with Crippen molar-refractivity contribution in [1.29, 1.82) is 0 Å².